The Morgan fingerprint density at radius 2 is 1.88 bits per heavy atom. The number of hydrogen-bond donors (Lipinski definition) is 0. The van der Waals surface area contributed by atoms with Gasteiger partial charge in [-0.05, 0) is 26.9 Å². The van der Waals surface area contributed by atoms with E-state index < -0.39 is 0 Å². The molecule has 0 saturated heterocycles. The average molecular weight is 115 g/mol. The van der Waals surface area contributed by atoms with Gasteiger partial charge in [-0.25, -0.2) is 0 Å². The van der Waals surface area contributed by atoms with Gasteiger partial charge in [0.2, 0.25) is 0 Å². The Kier molecular flexibility index (Phi) is 3.88. The van der Waals surface area contributed by atoms with Crippen LogP contribution in [0.4, 0.5) is 0 Å². The summed E-state index contributed by atoms with van der Waals surface area (Å²) in [6, 6.07) is 0.750. The van der Waals surface area contributed by atoms with Gasteiger partial charge < -0.3 is 4.90 Å². The first-order valence-corrected chi connectivity index (χ1v) is 3.42. The first-order chi connectivity index (χ1) is 3.72. The van der Waals surface area contributed by atoms with Crippen LogP contribution in [0.15, 0.2) is 0 Å². The van der Waals surface area contributed by atoms with Gasteiger partial charge in [-0.2, -0.15) is 0 Å². The fourth-order valence-corrected chi connectivity index (χ4v) is 0.623. The Balaban J connectivity index is 3.29. The second kappa shape index (κ2) is 3.90. The largest absolute Gasteiger partial charge is 0.304 e. The standard InChI is InChI=1S/C7H17N/c1-5-7(3)8(4)6-2/h7H,5-6H2,1-4H3. The van der Waals surface area contributed by atoms with E-state index in [0.717, 1.165) is 12.6 Å². The predicted octanol–water partition coefficient (Wildman–Crippen LogP) is 1.74. The summed E-state index contributed by atoms with van der Waals surface area (Å²) in [6.45, 7) is 7.82. The minimum Gasteiger partial charge on any atom is -0.304 e. The van der Waals surface area contributed by atoms with Crippen molar-refractivity contribution in [1.82, 2.24) is 4.90 Å². The highest BCUT2D eigenvalue weighted by Gasteiger charge is 2.01. The van der Waals surface area contributed by atoms with Gasteiger partial charge in [-0.1, -0.05) is 13.8 Å². The minimum absolute atomic E-state index is 0.750. The molecule has 0 rings (SSSR count). The second-order valence-electron chi connectivity index (χ2n) is 2.33. The molecule has 8 heavy (non-hydrogen) atoms. The summed E-state index contributed by atoms with van der Waals surface area (Å²) in [5.74, 6) is 0. The molecule has 0 amide bonds. The lowest BCUT2D eigenvalue weighted by atomic mass is 10.2. The summed E-state index contributed by atoms with van der Waals surface area (Å²) in [5.41, 5.74) is 0. The van der Waals surface area contributed by atoms with Crippen molar-refractivity contribution < 1.29 is 0 Å². The molecule has 0 aliphatic heterocycles. The van der Waals surface area contributed by atoms with Gasteiger partial charge in [-0.3, -0.25) is 0 Å². The smallest absolute Gasteiger partial charge is 0.00611 e. The normalized spacial score (nSPS) is 14.6. The van der Waals surface area contributed by atoms with E-state index in [0.29, 0.717) is 0 Å². The third kappa shape index (κ3) is 2.31. The summed E-state index contributed by atoms with van der Waals surface area (Å²) in [6.07, 6.45) is 1.25. The summed E-state index contributed by atoms with van der Waals surface area (Å²) in [7, 11) is 2.16. The number of hydrogen-bond acceptors (Lipinski definition) is 1. The Hall–Kier alpha value is -0.0400. The molecular formula is C7H17N. The molecule has 0 aliphatic carbocycles. The molecule has 0 N–H and O–H groups in total. The molecule has 0 saturated carbocycles. The van der Waals surface area contributed by atoms with Crippen LogP contribution < -0.4 is 0 Å². The minimum atomic E-state index is 0.750. The molecule has 1 unspecified atom stereocenters. The number of rotatable bonds is 3. The highest BCUT2D eigenvalue weighted by Crippen LogP contribution is 1.97. The second-order valence-corrected chi connectivity index (χ2v) is 2.33. The Bertz CT molecular complexity index is 44.3. The van der Waals surface area contributed by atoms with E-state index in [4.69, 9.17) is 0 Å². The number of nitrogens with zero attached hydrogens (tertiary/aromatic N) is 1. The molecule has 0 heterocycles. The fraction of sp³-hybridized carbons (Fsp3) is 1.00. The first-order valence-electron chi connectivity index (χ1n) is 3.42. The van der Waals surface area contributed by atoms with E-state index in [2.05, 4.69) is 32.7 Å². The van der Waals surface area contributed by atoms with Gasteiger partial charge in [0.1, 0.15) is 0 Å². The lowest BCUT2D eigenvalue weighted by Gasteiger charge is -2.20. The van der Waals surface area contributed by atoms with E-state index in [1.54, 1.807) is 0 Å². The third-order valence-electron chi connectivity index (χ3n) is 1.84. The maximum atomic E-state index is 2.35. The van der Waals surface area contributed by atoms with E-state index in [9.17, 15) is 0 Å². The monoisotopic (exact) mass is 115 g/mol. The van der Waals surface area contributed by atoms with E-state index in [-0.39, 0.29) is 0 Å². The molecule has 0 aromatic rings. The molecule has 1 heteroatoms. The van der Waals surface area contributed by atoms with Gasteiger partial charge in [-0.15, -0.1) is 0 Å². The Labute approximate surface area is 52.7 Å². The van der Waals surface area contributed by atoms with Crippen molar-refractivity contribution in [3.63, 3.8) is 0 Å². The van der Waals surface area contributed by atoms with Gasteiger partial charge in [0, 0.05) is 6.04 Å². The summed E-state index contributed by atoms with van der Waals surface area (Å²) in [4.78, 5) is 2.35. The van der Waals surface area contributed by atoms with E-state index in [1.165, 1.54) is 6.42 Å². The van der Waals surface area contributed by atoms with Crippen molar-refractivity contribution >= 4 is 0 Å². The fourth-order valence-electron chi connectivity index (χ4n) is 0.623. The lowest BCUT2D eigenvalue weighted by Crippen LogP contribution is -2.27. The SMILES string of the molecule is CCC(C)N(C)CC. The topological polar surface area (TPSA) is 3.24 Å². The molecule has 1 atom stereocenters. The molecule has 0 aromatic heterocycles. The van der Waals surface area contributed by atoms with Crippen molar-refractivity contribution in [2.75, 3.05) is 13.6 Å². The van der Waals surface area contributed by atoms with E-state index in [1.807, 2.05) is 0 Å². The lowest BCUT2D eigenvalue weighted by molar-refractivity contribution is 0.265. The van der Waals surface area contributed by atoms with Crippen molar-refractivity contribution in [1.29, 1.82) is 0 Å². The molecule has 0 fully saturated rings. The highest BCUT2D eigenvalue weighted by molar-refractivity contribution is 4.56. The van der Waals surface area contributed by atoms with Gasteiger partial charge >= 0.3 is 0 Å². The zero-order valence-electron chi connectivity index (χ0n) is 6.44. The molecule has 0 bridgehead atoms. The predicted molar refractivity (Wildman–Crippen MR) is 38.1 cm³/mol. The third-order valence-corrected chi connectivity index (χ3v) is 1.84. The molecule has 0 spiro atoms. The van der Waals surface area contributed by atoms with Gasteiger partial charge in [0.25, 0.3) is 0 Å². The zero-order chi connectivity index (χ0) is 6.57. The van der Waals surface area contributed by atoms with Crippen LogP contribution in [0.3, 0.4) is 0 Å². The van der Waals surface area contributed by atoms with Crippen molar-refractivity contribution in [3.05, 3.63) is 0 Å². The van der Waals surface area contributed by atoms with Crippen LogP contribution in [0.25, 0.3) is 0 Å². The summed E-state index contributed by atoms with van der Waals surface area (Å²) >= 11 is 0. The maximum Gasteiger partial charge on any atom is 0.00611 e. The van der Waals surface area contributed by atoms with Crippen LogP contribution in [0.1, 0.15) is 27.2 Å². The van der Waals surface area contributed by atoms with Crippen LogP contribution >= 0.6 is 0 Å². The summed E-state index contributed by atoms with van der Waals surface area (Å²) < 4.78 is 0. The molecule has 50 valence electrons. The molecule has 1 nitrogen and oxygen atoms in total. The van der Waals surface area contributed by atoms with Crippen LogP contribution in [-0.2, 0) is 0 Å². The Morgan fingerprint density at radius 3 is 2.00 bits per heavy atom. The quantitative estimate of drug-likeness (QED) is 0.541. The molecule has 0 radical (unpaired) electrons. The summed E-state index contributed by atoms with van der Waals surface area (Å²) in [5, 5.41) is 0. The average Bonchev–Trinajstić information content (AvgIpc) is 1.84. The molecular weight excluding hydrogens is 98.1 g/mol. The first kappa shape index (κ1) is 7.96. The van der Waals surface area contributed by atoms with Gasteiger partial charge in [0.05, 0.1) is 0 Å². The molecule has 0 aliphatic rings. The van der Waals surface area contributed by atoms with Crippen LogP contribution in [0.5, 0.6) is 0 Å². The maximum absolute atomic E-state index is 2.35. The zero-order valence-corrected chi connectivity index (χ0v) is 6.44. The molecule has 0 aromatic carbocycles. The van der Waals surface area contributed by atoms with Crippen molar-refractivity contribution in [2.45, 2.75) is 33.2 Å². The van der Waals surface area contributed by atoms with Crippen LogP contribution in [0, 0.1) is 0 Å². The van der Waals surface area contributed by atoms with Crippen LogP contribution in [-0.4, -0.2) is 24.5 Å². The van der Waals surface area contributed by atoms with Gasteiger partial charge in [0.15, 0.2) is 0 Å². The van der Waals surface area contributed by atoms with E-state index >= 15 is 0 Å². The van der Waals surface area contributed by atoms with Crippen molar-refractivity contribution in [3.8, 4) is 0 Å². The highest BCUT2D eigenvalue weighted by atomic mass is 15.1. The van der Waals surface area contributed by atoms with Crippen molar-refractivity contribution in [2.24, 2.45) is 0 Å². The Morgan fingerprint density at radius 1 is 1.38 bits per heavy atom. The van der Waals surface area contributed by atoms with Crippen LogP contribution in [0.2, 0.25) is 0 Å².